The Kier molecular flexibility index (Phi) is 5.49. The van der Waals surface area contributed by atoms with E-state index >= 15 is 0 Å². The Morgan fingerprint density at radius 3 is 2.44 bits per heavy atom. The molecular formula is C20H20N2O5. The third-order valence-electron chi connectivity index (χ3n) is 4.20. The monoisotopic (exact) mass is 368 g/mol. The number of benzene rings is 1. The smallest absolute Gasteiger partial charge is 0.303 e. The van der Waals surface area contributed by atoms with E-state index < -0.39 is 18.0 Å². The Hall–Kier alpha value is -3.22. The number of aromatic nitrogens is 1. The molecule has 0 bridgehead atoms. The molecule has 0 aliphatic carbocycles. The van der Waals surface area contributed by atoms with Gasteiger partial charge in [-0.3, -0.25) is 19.3 Å². The van der Waals surface area contributed by atoms with Gasteiger partial charge < -0.3 is 9.47 Å². The Bertz CT molecular complexity index is 846. The van der Waals surface area contributed by atoms with Crippen LogP contribution in [0.15, 0.2) is 42.6 Å². The van der Waals surface area contributed by atoms with Gasteiger partial charge in [0.1, 0.15) is 5.75 Å². The second-order valence-corrected chi connectivity index (χ2v) is 6.22. The van der Waals surface area contributed by atoms with E-state index in [9.17, 15) is 14.4 Å². The van der Waals surface area contributed by atoms with Crippen molar-refractivity contribution in [2.45, 2.75) is 39.3 Å². The first-order chi connectivity index (χ1) is 13.0. The van der Waals surface area contributed by atoms with Crippen LogP contribution in [0.2, 0.25) is 0 Å². The summed E-state index contributed by atoms with van der Waals surface area (Å²) in [5, 5.41) is 0. The number of imide groups is 1. The van der Waals surface area contributed by atoms with Crippen molar-refractivity contribution in [2.75, 3.05) is 0 Å². The molecule has 0 radical (unpaired) electrons. The van der Waals surface area contributed by atoms with Crippen LogP contribution in [0, 0.1) is 0 Å². The van der Waals surface area contributed by atoms with E-state index in [-0.39, 0.29) is 18.9 Å². The molecule has 1 aromatic carbocycles. The van der Waals surface area contributed by atoms with Gasteiger partial charge in [0.15, 0.2) is 6.10 Å². The van der Waals surface area contributed by atoms with Crippen LogP contribution in [-0.2, 0) is 32.1 Å². The van der Waals surface area contributed by atoms with Gasteiger partial charge in [0.05, 0.1) is 13.0 Å². The van der Waals surface area contributed by atoms with Crippen molar-refractivity contribution in [3.63, 3.8) is 0 Å². The summed E-state index contributed by atoms with van der Waals surface area (Å²) in [5.41, 5.74) is 1.89. The molecule has 1 fully saturated rings. The Balaban J connectivity index is 1.62. The molecule has 140 valence electrons. The number of hydrogen-bond donors (Lipinski definition) is 0. The fourth-order valence-electron chi connectivity index (χ4n) is 2.77. The molecule has 1 aliphatic heterocycles. The molecule has 3 rings (SSSR count). The highest BCUT2D eigenvalue weighted by Gasteiger charge is 2.40. The van der Waals surface area contributed by atoms with Gasteiger partial charge in [0, 0.05) is 19.2 Å². The van der Waals surface area contributed by atoms with E-state index in [0.29, 0.717) is 17.2 Å². The number of aryl methyl sites for hydroxylation is 1. The molecule has 2 aromatic rings. The largest absolute Gasteiger partial charge is 0.452 e. The van der Waals surface area contributed by atoms with E-state index in [1.807, 2.05) is 24.3 Å². The van der Waals surface area contributed by atoms with E-state index in [1.165, 1.54) is 12.5 Å². The lowest BCUT2D eigenvalue weighted by Crippen LogP contribution is -2.33. The van der Waals surface area contributed by atoms with Crippen molar-refractivity contribution in [3.8, 4) is 11.6 Å². The lowest BCUT2D eigenvalue weighted by molar-refractivity contribution is -0.154. The van der Waals surface area contributed by atoms with Crippen molar-refractivity contribution in [1.29, 1.82) is 0 Å². The predicted molar refractivity (Wildman–Crippen MR) is 95.9 cm³/mol. The minimum Gasteiger partial charge on any atom is -0.452 e. The Morgan fingerprint density at radius 2 is 1.85 bits per heavy atom. The van der Waals surface area contributed by atoms with E-state index in [4.69, 9.17) is 9.47 Å². The molecule has 2 heterocycles. The van der Waals surface area contributed by atoms with Crippen molar-refractivity contribution >= 4 is 17.8 Å². The number of esters is 1. The van der Waals surface area contributed by atoms with Crippen LogP contribution in [0.5, 0.6) is 11.6 Å². The van der Waals surface area contributed by atoms with Gasteiger partial charge in [-0.15, -0.1) is 0 Å². The van der Waals surface area contributed by atoms with Crippen molar-refractivity contribution in [1.82, 2.24) is 9.88 Å². The van der Waals surface area contributed by atoms with Gasteiger partial charge in [-0.05, 0) is 29.7 Å². The fourth-order valence-corrected chi connectivity index (χ4v) is 2.77. The molecule has 0 spiro atoms. The third-order valence-corrected chi connectivity index (χ3v) is 4.20. The zero-order chi connectivity index (χ0) is 19.4. The highest BCUT2D eigenvalue weighted by molar-refractivity contribution is 6.05. The van der Waals surface area contributed by atoms with Crippen LogP contribution < -0.4 is 4.74 Å². The van der Waals surface area contributed by atoms with Gasteiger partial charge in [0.25, 0.3) is 5.91 Å². The highest BCUT2D eigenvalue weighted by Crippen LogP contribution is 2.22. The zero-order valence-electron chi connectivity index (χ0n) is 15.2. The molecule has 0 N–H and O–H groups in total. The van der Waals surface area contributed by atoms with Gasteiger partial charge in [-0.25, -0.2) is 4.98 Å². The minimum absolute atomic E-state index is 0.0773. The molecule has 1 aliphatic rings. The molecule has 1 aromatic heterocycles. The summed E-state index contributed by atoms with van der Waals surface area (Å²) < 4.78 is 10.6. The molecule has 0 unspecified atom stereocenters. The minimum atomic E-state index is -1.03. The zero-order valence-corrected chi connectivity index (χ0v) is 15.2. The van der Waals surface area contributed by atoms with Crippen molar-refractivity contribution in [2.24, 2.45) is 0 Å². The fraction of sp³-hybridized carbons (Fsp3) is 0.300. The summed E-state index contributed by atoms with van der Waals surface area (Å²) in [6.07, 6.45) is 1.35. The standard InChI is InChI=1S/C20H20N2O5/c1-3-14-4-7-16(8-5-14)27-18-9-6-15(11-21-18)12-22-19(24)10-17(20(22)25)26-13(2)23/h4-9,11,17H,3,10,12H2,1-2H3/t17-/m0/s1. The van der Waals surface area contributed by atoms with Crippen molar-refractivity contribution < 1.29 is 23.9 Å². The molecule has 7 heteroatoms. The van der Waals surface area contributed by atoms with Crippen LogP contribution in [-0.4, -0.2) is 33.8 Å². The Morgan fingerprint density at radius 1 is 1.15 bits per heavy atom. The maximum Gasteiger partial charge on any atom is 0.303 e. The van der Waals surface area contributed by atoms with Gasteiger partial charge in [-0.2, -0.15) is 0 Å². The van der Waals surface area contributed by atoms with Crippen LogP contribution in [0.3, 0.4) is 0 Å². The number of pyridine rings is 1. The number of rotatable bonds is 6. The SMILES string of the molecule is CCc1ccc(Oc2ccc(CN3C(=O)C[C@H](OC(C)=O)C3=O)cn2)cc1. The summed E-state index contributed by atoms with van der Waals surface area (Å²) >= 11 is 0. The van der Waals surface area contributed by atoms with Gasteiger partial charge in [0.2, 0.25) is 11.8 Å². The van der Waals surface area contributed by atoms with Crippen LogP contribution in [0.25, 0.3) is 0 Å². The van der Waals surface area contributed by atoms with Gasteiger partial charge >= 0.3 is 5.97 Å². The topological polar surface area (TPSA) is 85.8 Å². The number of nitrogens with zero attached hydrogens (tertiary/aromatic N) is 2. The first-order valence-electron chi connectivity index (χ1n) is 8.69. The predicted octanol–water partition coefficient (Wildman–Crippen LogP) is 2.63. The first kappa shape index (κ1) is 18.6. The highest BCUT2D eigenvalue weighted by atomic mass is 16.5. The van der Waals surface area contributed by atoms with Crippen molar-refractivity contribution in [3.05, 3.63) is 53.7 Å². The molecule has 27 heavy (non-hydrogen) atoms. The lowest BCUT2D eigenvalue weighted by atomic mass is 10.2. The van der Waals surface area contributed by atoms with E-state index in [1.54, 1.807) is 18.3 Å². The number of amides is 2. The molecule has 0 saturated carbocycles. The average Bonchev–Trinajstić information content (AvgIpc) is 2.91. The van der Waals surface area contributed by atoms with E-state index in [0.717, 1.165) is 11.3 Å². The molecule has 2 amide bonds. The molecule has 7 nitrogen and oxygen atoms in total. The summed E-state index contributed by atoms with van der Waals surface area (Å²) in [7, 11) is 0. The third kappa shape index (κ3) is 4.49. The van der Waals surface area contributed by atoms with Gasteiger partial charge in [-0.1, -0.05) is 25.1 Å². The Labute approximate surface area is 156 Å². The number of hydrogen-bond acceptors (Lipinski definition) is 6. The molecular weight excluding hydrogens is 348 g/mol. The maximum absolute atomic E-state index is 12.2. The second-order valence-electron chi connectivity index (χ2n) is 6.22. The number of carbonyl (C=O) groups is 3. The lowest BCUT2D eigenvalue weighted by Gasteiger charge is -2.15. The molecule has 1 atom stereocenters. The summed E-state index contributed by atoms with van der Waals surface area (Å²) in [4.78, 5) is 40.5. The summed E-state index contributed by atoms with van der Waals surface area (Å²) in [6.45, 7) is 3.37. The van der Waals surface area contributed by atoms with Crippen LogP contribution >= 0.6 is 0 Å². The maximum atomic E-state index is 12.2. The number of likely N-dealkylation sites (tertiary alicyclic amines) is 1. The number of ether oxygens (including phenoxy) is 2. The van der Waals surface area contributed by atoms with E-state index in [2.05, 4.69) is 11.9 Å². The summed E-state index contributed by atoms with van der Waals surface area (Å²) in [5.74, 6) is -0.367. The average molecular weight is 368 g/mol. The quantitative estimate of drug-likeness (QED) is 0.575. The second kappa shape index (κ2) is 7.99. The normalized spacial score (nSPS) is 16.5. The molecule has 1 saturated heterocycles. The van der Waals surface area contributed by atoms with Crippen LogP contribution in [0.4, 0.5) is 0 Å². The summed E-state index contributed by atoms with van der Waals surface area (Å²) in [6, 6.07) is 11.2. The van der Waals surface area contributed by atoms with Crippen LogP contribution in [0.1, 0.15) is 31.4 Å². The number of carbonyl (C=O) groups excluding carboxylic acids is 3. The first-order valence-corrected chi connectivity index (χ1v) is 8.69.